The Labute approximate surface area is 221 Å². The van der Waals surface area contributed by atoms with Crippen molar-refractivity contribution in [1.29, 1.82) is 0 Å². The first kappa shape index (κ1) is 34.5. The third-order valence-electron chi connectivity index (χ3n) is 7.42. The van der Waals surface area contributed by atoms with Crippen molar-refractivity contribution >= 4 is 0 Å². The molecule has 0 aliphatic heterocycles. The Morgan fingerprint density at radius 1 is 0.457 bits per heavy atom. The summed E-state index contributed by atoms with van der Waals surface area (Å²) in [7, 11) is 0. The van der Waals surface area contributed by atoms with Gasteiger partial charge < -0.3 is 15.1 Å². The molecule has 0 spiro atoms. The zero-order valence-corrected chi connectivity index (χ0v) is 24.3. The average Bonchev–Trinajstić information content (AvgIpc) is 2.88. The Hall–Kier alpha value is -0.540. The van der Waals surface area contributed by atoms with Crippen LogP contribution in [0.4, 0.5) is 0 Å². The molecule has 0 aromatic carbocycles. The van der Waals surface area contributed by atoms with Crippen LogP contribution in [0.15, 0.2) is 12.3 Å². The maximum Gasteiger partial charge on any atom is 0.128 e. The fourth-order valence-electron chi connectivity index (χ4n) is 4.89. The van der Waals surface area contributed by atoms with Crippen molar-refractivity contribution in [3.8, 4) is 0 Å². The van der Waals surface area contributed by atoms with Crippen LogP contribution in [0.25, 0.3) is 0 Å². The Morgan fingerprint density at radius 3 is 1.03 bits per heavy atom. The Morgan fingerprint density at radius 2 is 0.743 bits per heavy atom. The van der Waals surface area contributed by atoms with Gasteiger partial charge in [-0.25, -0.2) is 0 Å². The molecule has 0 saturated heterocycles. The van der Waals surface area contributed by atoms with E-state index < -0.39 is 12.5 Å². The molecular formula is C32H65NO2. The van der Waals surface area contributed by atoms with E-state index in [9.17, 15) is 10.2 Å². The second-order valence-corrected chi connectivity index (χ2v) is 10.8. The topological polar surface area (TPSA) is 43.7 Å². The molecule has 0 rings (SSSR count). The van der Waals surface area contributed by atoms with Crippen LogP contribution in [-0.4, -0.2) is 27.6 Å². The van der Waals surface area contributed by atoms with Gasteiger partial charge in [-0.15, -0.1) is 0 Å². The predicted molar refractivity (Wildman–Crippen MR) is 155 cm³/mol. The van der Waals surface area contributed by atoms with Gasteiger partial charge in [0.1, 0.15) is 12.5 Å². The normalized spacial score (nSPS) is 13.5. The van der Waals surface area contributed by atoms with Crippen LogP contribution >= 0.6 is 0 Å². The van der Waals surface area contributed by atoms with E-state index >= 15 is 0 Å². The molecule has 3 nitrogen and oxygen atoms in total. The zero-order valence-electron chi connectivity index (χ0n) is 24.3. The maximum atomic E-state index is 10.0. The number of allylic oxidation sites excluding steroid dienone is 1. The molecule has 0 amide bonds. The quantitative estimate of drug-likeness (QED) is 0.0837. The Kier molecular flexibility index (Phi) is 27.6. The maximum absolute atomic E-state index is 10.0. The van der Waals surface area contributed by atoms with Crippen molar-refractivity contribution in [3.63, 3.8) is 0 Å². The van der Waals surface area contributed by atoms with Gasteiger partial charge in [0.15, 0.2) is 0 Å². The van der Waals surface area contributed by atoms with Gasteiger partial charge in [0.25, 0.3) is 0 Å². The molecule has 0 heterocycles. The highest BCUT2D eigenvalue weighted by molar-refractivity contribution is 4.85. The van der Waals surface area contributed by atoms with E-state index in [-0.39, 0.29) is 0 Å². The summed E-state index contributed by atoms with van der Waals surface area (Å²) in [6.45, 7) is 6.17. The van der Waals surface area contributed by atoms with Crippen LogP contribution in [0.2, 0.25) is 0 Å². The van der Waals surface area contributed by atoms with E-state index in [1.807, 2.05) is 20.0 Å². The molecule has 2 atom stereocenters. The van der Waals surface area contributed by atoms with Gasteiger partial charge in [0.2, 0.25) is 0 Å². The van der Waals surface area contributed by atoms with E-state index in [0.29, 0.717) is 12.8 Å². The molecule has 210 valence electrons. The van der Waals surface area contributed by atoms with Crippen molar-refractivity contribution in [2.45, 2.75) is 194 Å². The van der Waals surface area contributed by atoms with E-state index in [1.54, 1.807) is 4.90 Å². The first-order chi connectivity index (χ1) is 17.2. The molecule has 2 unspecified atom stereocenters. The molecule has 3 heteroatoms. The fraction of sp³-hybridized carbons (Fsp3) is 0.938. The second kappa shape index (κ2) is 28.0. The first-order valence-electron chi connectivity index (χ1n) is 16.0. The summed E-state index contributed by atoms with van der Waals surface area (Å²) in [5.41, 5.74) is 0. The van der Waals surface area contributed by atoms with Gasteiger partial charge in [-0.05, 0) is 25.7 Å². The molecule has 0 saturated carbocycles. The summed E-state index contributed by atoms with van der Waals surface area (Å²) in [4.78, 5) is 1.68. The zero-order chi connectivity index (χ0) is 25.8. The predicted octanol–water partition coefficient (Wildman–Crippen LogP) is 10.3. The summed E-state index contributed by atoms with van der Waals surface area (Å²) < 4.78 is 0. The van der Waals surface area contributed by atoms with E-state index in [2.05, 4.69) is 13.0 Å². The minimum absolute atomic E-state index is 0.592. The van der Waals surface area contributed by atoms with Crippen molar-refractivity contribution in [2.75, 3.05) is 0 Å². The van der Waals surface area contributed by atoms with Gasteiger partial charge in [-0.1, -0.05) is 162 Å². The summed E-state index contributed by atoms with van der Waals surface area (Å²) >= 11 is 0. The third kappa shape index (κ3) is 23.6. The molecule has 0 bridgehead atoms. The highest BCUT2D eigenvalue weighted by Crippen LogP contribution is 2.16. The molecule has 0 aromatic rings. The standard InChI is InChI=1S/C32H65NO2/c1-4-7-8-9-10-11-12-13-14-15-16-17-18-19-20-21-22-23-24-25-26-27-28-29-30-33(31(34)5-2)32(35)6-3/h29-32,34-35H,4-28H2,1-3H3. The second-order valence-electron chi connectivity index (χ2n) is 10.8. The first-order valence-corrected chi connectivity index (χ1v) is 16.0. The van der Waals surface area contributed by atoms with E-state index in [4.69, 9.17) is 0 Å². The number of aliphatic hydroxyl groups is 2. The van der Waals surface area contributed by atoms with E-state index in [0.717, 1.165) is 6.42 Å². The van der Waals surface area contributed by atoms with E-state index in [1.165, 1.54) is 141 Å². The molecular weight excluding hydrogens is 430 g/mol. The fourth-order valence-corrected chi connectivity index (χ4v) is 4.89. The lowest BCUT2D eigenvalue weighted by atomic mass is 10.0. The van der Waals surface area contributed by atoms with Crippen molar-refractivity contribution in [2.24, 2.45) is 0 Å². The summed E-state index contributed by atoms with van der Waals surface area (Å²) in [6, 6.07) is 0. The Balaban J connectivity index is 3.29. The van der Waals surface area contributed by atoms with Gasteiger partial charge in [0.05, 0.1) is 0 Å². The lowest BCUT2D eigenvalue weighted by Crippen LogP contribution is -2.38. The van der Waals surface area contributed by atoms with Crippen LogP contribution in [0.5, 0.6) is 0 Å². The van der Waals surface area contributed by atoms with Crippen LogP contribution in [0.1, 0.15) is 181 Å². The minimum atomic E-state index is -0.592. The molecule has 0 radical (unpaired) electrons. The van der Waals surface area contributed by atoms with Crippen LogP contribution in [0, 0.1) is 0 Å². The smallest absolute Gasteiger partial charge is 0.128 e. The number of rotatable bonds is 28. The number of aliphatic hydroxyl groups excluding tert-OH is 2. The average molecular weight is 496 g/mol. The number of unbranched alkanes of at least 4 members (excludes halogenated alkanes) is 22. The van der Waals surface area contributed by atoms with Gasteiger partial charge in [0, 0.05) is 6.20 Å². The van der Waals surface area contributed by atoms with Crippen molar-refractivity contribution < 1.29 is 10.2 Å². The van der Waals surface area contributed by atoms with Crippen LogP contribution in [0.3, 0.4) is 0 Å². The highest BCUT2D eigenvalue weighted by Gasteiger charge is 2.16. The lowest BCUT2D eigenvalue weighted by molar-refractivity contribution is -0.0725. The number of hydrogen-bond acceptors (Lipinski definition) is 3. The molecule has 0 aliphatic rings. The summed E-state index contributed by atoms with van der Waals surface area (Å²) in [5.74, 6) is 0. The van der Waals surface area contributed by atoms with Crippen molar-refractivity contribution in [1.82, 2.24) is 4.90 Å². The Bertz CT molecular complexity index is 416. The van der Waals surface area contributed by atoms with Crippen LogP contribution < -0.4 is 0 Å². The molecule has 0 aromatic heterocycles. The molecule has 2 N–H and O–H groups in total. The van der Waals surface area contributed by atoms with Crippen LogP contribution in [-0.2, 0) is 0 Å². The minimum Gasteiger partial charge on any atom is -0.374 e. The van der Waals surface area contributed by atoms with Gasteiger partial charge >= 0.3 is 0 Å². The highest BCUT2D eigenvalue weighted by atomic mass is 16.3. The monoisotopic (exact) mass is 496 g/mol. The SMILES string of the molecule is CCCCCCCCCCCCCCCCCCCCCCCCC=CN(C(O)CC)C(O)CC. The molecule has 0 aliphatic carbocycles. The summed E-state index contributed by atoms with van der Waals surface area (Å²) in [5, 5.41) is 20.0. The third-order valence-corrected chi connectivity index (χ3v) is 7.42. The molecule has 35 heavy (non-hydrogen) atoms. The number of hydrogen-bond donors (Lipinski definition) is 2. The van der Waals surface area contributed by atoms with Gasteiger partial charge in [-0.2, -0.15) is 0 Å². The lowest BCUT2D eigenvalue weighted by Gasteiger charge is -2.30. The molecule has 0 fully saturated rings. The van der Waals surface area contributed by atoms with Gasteiger partial charge in [-0.3, -0.25) is 0 Å². The van der Waals surface area contributed by atoms with Crippen molar-refractivity contribution in [3.05, 3.63) is 12.3 Å². The number of nitrogens with zero attached hydrogens (tertiary/aromatic N) is 1. The largest absolute Gasteiger partial charge is 0.374 e. The summed E-state index contributed by atoms with van der Waals surface area (Å²) in [6.07, 6.45) is 36.3.